The number of halogens is 2. The van der Waals surface area contributed by atoms with E-state index in [2.05, 4.69) is 74.4 Å². The first-order valence-corrected chi connectivity index (χ1v) is 8.73. The Labute approximate surface area is 142 Å². The third kappa shape index (κ3) is 3.27. The van der Waals surface area contributed by atoms with E-state index in [0.29, 0.717) is 6.04 Å². The van der Waals surface area contributed by atoms with Crippen LogP contribution >= 0.6 is 31.9 Å². The Hall–Kier alpha value is -1.00. The van der Waals surface area contributed by atoms with Crippen LogP contribution in [0.25, 0.3) is 0 Å². The highest BCUT2D eigenvalue weighted by Crippen LogP contribution is 2.33. The fraction of sp³-hybridized carbons (Fsp3) is 0.294. The van der Waals surface area contributed by atoms with Crippen LogP contribution in [0.4, 0.5) is 5.69 Å². The maximum absolute atomic E-state index is 5.59. The van der Waals surface area contributed by atoms with Gasteiger partial charge in [-0.3, -0.25) is 0 Å². The van der Waals surface area contributed by atoms with E-state index in [4.69, 9.17) is 4.74 Å². The Morgan fingerprint density at radius 1 is 1.19 bits per heavy atom. The number of anilines is 1. The lowest BCUT2D eigenvalue weighted by molar-refractivity contribution is 0.357. The first-order valence-electron chi connectivity index (χ1n) is 7.14. The smallest absolute Gasteiger partial charge is 0.122 e. The summed E-state index contributed by atoms with van der Waals surface area (Å²) in [6.07, 6.45) is 2.04. The van der Waals surface area contributed by atoms with E-state index in [1.165, 1.54) is 11.1 Å². The molecule has 0 amide bonds. The van der Waals surface area contributed by atoms with Gasteiger partial charge in [-0.25, -0.2) is 0 Å². The van der Waals surface area contributed by atoms with Gasteiger partial charge in [0.15, 0.2) is 0 Å². The molecule has 0 spiro atoms. The van der Waals surface area contributed by atoms with Crippen LogP contribution in [0.2, 0.25) is 0 Å². The summed E-state index contributed by atoms with van der Waals surface area (Å²) in [6.45, 7) is 3.01. The molecule has 0 aromatic heterocycles. The van der Waals surface area contributed by atoms with E-state index in [-0.39, 0.29) is 0 Å². The van der Waals surface area contributed by atoms with Crippen molar-refractivity contribution in [3.05, 3.63) is 56.5 Å². The van der Waals surface area contributed by atoms with Gasteiger partial charge in [0.1, 0.15) is 5.75 Å². The normalized spacial score (nSPS) is 14.4. The monoisotopic (exact) mass is 409 g/mol. The molecule has 21 heavy (non-hydrogen) atoms. The van der Waals surface area contributed by atoms with E-state index in [1.807, 2.05) is 6.07 Å². The summed E-state index contributed by atoms with van der Waals surface area (Å²) < 4.78 is 7.74. The summed E-state index contributed by atoms with van der Waals surface area (Å²) >= 11 is 7.13. The van der Waals surface area contributed by atoms with Crippen molar-refractivity contribution in [3.8, 4) is 5.75 Å². The van der Waals surface area contributed by atoms with E-state index in [1.54, 1.807) is 0 Å². The molecule has 4 heteroatoms. The quantitative estimate of drug-likeness (QED) is 0.696. The number of hydrogen-bond acceptors (Lipinski definition) is 2. The molecule has 0 radical (unpaired) electrons. The van der Waals surface area contributed by atoms with E-state index in [9.17, 15) is 0 Å². The van der Waals surface area contributed by atoms with Gasteiger partial charge in [-0.2, -0.15) is 0 Å². The number of hydrogen-bond donors (Lipinski definition) is 1. The molecule has 3 rings (SSSR count). The molecule has 1 aliphatic heterocycles. The minimum Gasteiger partial charge on any atom is -0.493 e. The molecular formula is C17H17Br2NO. The first-order chi connectivity index (χ1) is 10.2. The minimum absolute atomic E-state index is 0.293. The van der Waals surface area contributed by atoms with Crippen LogP contribution < -0.4 is 10.1 Å². The van der Waals surface area contributed by atoms with E-state index < -0.39 is 0 Å². The fourth-order valence-corrected chi connectivity index (χ4v) is 3.36. The lowest BCUT2D eigenvalue weighted by Gasteiger charge is -2.20. The van der Waals surface area contributed by atoms with Crippen LogP contribution in [0.15, 0.2) is 45.3 Å². The molecule has 1 unspecified atom stereocenters. The molecule has 0 saturated carbocycles. The highest BCUT2D eigenvalue weighted by molar-refractivity contribution is 9.11. The first kappa shape index (κ1) is 14.9. The standard InChI is InChI=1S/C17H17Br2NO/c1-2-15(20-16-10-13(18)4-5-14(16)19)11-3-6-17-12(9-11)7-8-21-17/h3-6,9-10,15,20H,2,7-8H2,1H3. The van der Waals surface area contributed by atoms with E-state index in [0.717, 1.165) is 39.8 Å². The molecule has 0 saturated heterocycles. The van der Waals surface area contributed by atoms with Crippen molar-refractivity contribution < 1.29 is 4.74 Å². The van der Waals surface area contributed by atoms with Gasteiger partial charge in [-0.1, -0.05) is 28.9 Å². The molecule has 1 N–H and O–H groups in total. The lowest BCUT2D eigenvalue weighted by atomic mass is 10.0. The highest BCUT2D eigenvalue weighted by Gasteiger charge is 2.16. The average Bonchev–Trinajstić information content (AvgIpc) is 2.95. The van der Waals surface area contributed by atoms with Crippen LogP contribution in [0, 0.1) is 0 Å². The number of rotatable bonds is 4. The van der Waals surface area contributed by atoms with Crippen molar-refractivity contribution in [1.82, 2.24) is 0 Å². The predicted octanol–water partition coefficient (Wildman–Crippen LogP) is 5.71. The average molecular weight is 411 g/mol. The van der Waals surface area contributed by atoms with Crippen LogP contribution in [-0.2, 0) is 6.42 Å². The second-order valence-electron chi connectivity index (χ2n) is 5.19. The van der Waals surface area contributed by atoms with Crippen molar-refractivity contribution in [1.29, 1.82) is 0 Å². The molecule has 0 fully saturated rings. The number of fused-ring (bicyclic) bond motifs is 1. The molecule has 2 aromatic carbocycles. The Bertz CT molecular complexity index is 657. The summed E-state index contributed by atoms with van der Waals surface area (Å²) in [5, 5.41) is 3.63. The Morgan fingerprint density at radius 3 is 2.86 bits per heavy atom. The number of ether oxygens (including phenoxy) is 1. The Morgan fingerprint density at radius 2 is 2.05 bits per heavy atom. The molecule has 1 atom stereocenters. The second kappa shape index (κ2) is 6.41. The molecule has 110 valence electrons. The maximum Gasteiger partial charge on any atom is 0.122 e. The van der Waals surface area contributed by atoms with Crippen LogP contribution in [-0.4, -0.2) is 6.61 Å². The van der Waals surface area contributed by atoms with Gasteiger partial charge in [0.25, 0.3) is 0 Å². The lowest BCUT2D eigenvalue weighted by Crippen LogP contribution is -2.10. The van der Waals surface area contributed by atoms with Gasteiger partial charge < -0.3 is 10.1 Å². The molecule has 0 aliphatic carbocycles. The van der Waals surface area contributed by atoms with Crippen molar-refractivity contribution in [2.75, 3.05) is 11.9 Å². The summed E-state index contributed by atoms with van der Waals surface area (Å²) in [6, 6.07) is 13.0. The van der Waals surface area contributed by atoms with Crippen LogP contribution in [0.3, 0.4) is 0 Å². The predicted molar refractivity (Wildman–Crippen MR) is 94.1 cm³/mol. The third-order valence-electron chi connectivity index (χ3n) is 3.78. The molecule has 1 heterocycles. The maximum atomic E-state index is 5.59. The third-order valence-corrected chi connectivity index (χ3v) is 4.97. The summed E-state index contributed by atoms with van der Waals surface area (Å²) in [7, 11) is 0. The van der Waals surface area contributed by atoms with Crippen molar-refractivity contribution >= 4 is 37.5 Å². The molecule has 2 nitrogen and oxygen atoms in total. The molecule has 2 aromatic rings. The number of benzene rings is 2. The topological polar surface area (TPSA) is 21.3 Å². The largest absolute Gasteiger partial charge is 0.493 e. The highest BCUT2D eigenvalue weighted by atomic mass is 79.9. The zero-order valence-electron chi connectivity index (χ0n) is 11.8. The van der Waals surface area contributed by atoms with Crippen molar-refractivity contribution in [2.24, 2.45) is 0 Å². The van der Waals surface area contributed by atoms with Crippen LogP contribution in [0.5, 0.6) is 5.75 Å². The van der Waals surface area contributed by atoms with Crippen LogP contribution in [0.1, 0.15) is 30.5 Å². The van der Waals surface area contributed by atoms with Gasteiger partial charge in [-0.15, -0.1) is 0 Å². The molecule has 0 bridgehead atoms. The van der Waals surface area contributed by atoms with Crippen molar-refractivity contribution in [3.63, 3.8) is 0 Å². The Balaban J connectivity index is 1.86. The summed E-state index contributed by atoms with van der Waals surface area (Å²) in [4.78, 5) is 0. The van der Waals surface area contributed by atoms with E-state index >= 15 is 0 Å². The van der Waals surface area contributed by atoms with Gasteiger partial charge in [0, 0.05) is 15.4 Å². The zero-order valence-corrected chi connectivity index (χ0v) is 15.0. The zero-order chi connectivity index (χ0) is 14.8. The number of nitrogens with one attached hydrogen (secondary N) is 1. The fourth-order valence-electron chi connectivity index (χ4n) is 2.64. The van der Waals surface area contributed by atoms with Gasteiger partial charge in [-0.05, 0) is 63.8 Å². The Kier molecular flexibility index (Phi) is 4.55. The van der Waals surface area contributed by atoms with Gasteiger partial charge in [0.2, 0.25) is 0 Å². The summed E-state index contributed by atoms with van der Waals surface area (Å²) in [5.41, 5.74) is 3.74. The summed E-state index contributed by atoms with van der Waals surface area (Å²) in [5.74, 6) is 1.04. The van der Waals surface area contributed by atoms with Crippen molar-refractivity contribution in [2.45, 2.75) is 25.8 Å². The second-order valence-corrected chi connectivity index (χ2v) is 6.96. The SMILES string of the molecule is CCC(Nc1cc(Br)ccc1Br)c1ccc2c(c1)CCO2. The van der Waals surface area contributed by atoms with Gasteiger partial charge >= 0.3 is 0 Å². The van der Waals surface area contributed by atoms with Gasteiger partial charge in [0.05, 0.1) is 18.3 Å². The minimum atomic E-state index is 0.293. The molecule has 1 aliphatic rings. The molecular weight excluding hydrogens is 394 g/mol.